The molecule has 0 unspecified atom stereocenters. The van der Waals surface area contributed by atoms with Gasteiger partial charge in [-0.05, 0) is 62.6 Å². The van der Waals surface area contributed by atoms with Crippen LogP contribution in [0.3, 0.4) is 0 Å². The molecule has 0 bridgehead atoms. The summed E-state index contributed by atoms with van der Waals surface area (Å²) in [5, 5.41) is 14.6. The van der Waals surface area contributed by atoms with Gasteiger partial charge in [-0.3, -0.25) is 4.79 Å². The number of benzene rings is 2. The fraction of sp³-hybridized carbons (Fsp3) is 0.353. The standard InChI is InChI=1S/C34H36N4O3/c1-7-11-26(19-31(39)40-8-2)25-14-16-27(17-15-25)41-21-24-18-29(33-36-32(23(3)4)37-38(33)20-24)28-12-9-10-13-30(28)34(5,6)22-35/h9-10,12-18,20,23,26H,8,19,21H2,1-6H3/t26-/m0/s1. The number of carbonyl (C=O) groups excluding carboxylic acids is 1. The van der Waals surface area contributed by atoms with E-state index in [-0.39, 0.29) is 24.2 Å². The Morgan fingerprint density at radius 1 is 1.10 bits per heavy atom. The van der Waals surface area contributed by atoms with Crippen LogP contribution in [0.4, 0.5) is 0 Å². The zero-order valence-electron chi connectivity index (χ0n) is 24.6. The molecule has 7 heteroatoms. The van der Waals surface area contributed by atoms with Crippen LogP contribution in [0.1, 0.15) is 82.3 Å². The van der Waals surface area contributed by atoms with E-state index in [0.29, 0.717) is 19.0 Å². The summed E-state index contributed by atoms with van der Waals surface area (Å²) in [6, 6.07) is 20.1. The van der Waals surface area contributed by atoms with Crippen LogP contribution in [0.5, 0.6) is 5.75 Å². The highest BCUT2D eigenvalue weighted by atomic mass is 16.5. The third kappa shape index (κ3) is 6.76. The molecule has 0 amide bonds. The fourth-order valence-electron chi connectivity index (χ4n) is 4.68. The smallest absolute Gasteiger partial charge is 0.307 e. The maximum absolute atomic E-state index is 12.0. The summed E-state index contributed by atoms with van der Waals surface area (Å²) in [7, 11) is 0. The molecule has 0 fully saturated rings. The lowest BCUT2D eigenvalue weighted by Crippen LogP contribution is -2.15. The zero-order valence-corrected chi connectivity index (χ0v) is 24.6. The average molecular weight is 549 g/mol. The summed E-state index contributed by atoms with van der Waals surface area (Å²) < 4.78 is 13.1. The number of hydrogen-bond acceptors (Lipinski definition) is 6. The Morgan fingerprint density at radius 3 is 2.49 bits per heavy atom. The molecule has 0 radical (unpaired) electrons. The summed E-state index contributed by atoms with van der Waals surface area (Å²) in [6.45, 7) is 12.2. The SMILES string of the molecule is CC#C[C@@H](CC(=O)OCC)c1ccc(OCc2cc(-c3ccccc3C(C)(C)C#N)c3nc(C(C)C)nn3c2)cc1. The average Bonchev–Trinajstić information content (AvgIpc) is 3.41. The van der Waals surface area contributed by atoms with Crippen molar-refractivity contribution in [3.05, 3.63) is 83.3 Å². The maximum atomic E-state index is 12.0. The number of nitriles is 1. The molecule has 0 saturated heterocycles. The van der Waals surface area contributed by atoms with E-state index in [1.54, 1.807) is 13.8 Å². The highest BCUT2D eigenvalue weighted by Gasteiger charge is 2.25. The number of nitrogens with zero attached hydrogens (tertiary/aromatic N) is 4. The highest BCUT2D eigenvalue weighted by molar-refractivity contribution is 5.81. The molecular weight excluding hydrogens is 512 g/mol. The first-order valence-electron chi connectivity index (χ1n) is 13.9. The zero-order chi connectivity index (χ0) is 29.6. The summed E-state index contributed by atoms with van der Waals surface area (Å²) in [5.41, 5.74) is 4.69. The fourth-order valence-corrected chi connectivity index (χ4v) is 4.68. The van der Waals surface area contributed by atoms with Crippen molar-refractivity contribution in [2.24, 2.45) is 0 Å². The Hall–Kier alpha value is -4.62. The van der Waals surface area contributed by atoms with Gasteiger partial charge in [-0.25, -0.2) is 9.50 Å². The van der Waals surface area contributed by atoms with Gasteiger partial charge < -0.3 is 9.47 Å². The quantitative estimate of drug-likeness (QED) is 0.157. The van der Waals surface area contributed by atoms with Crippen LogP contribution in [0, 0.1) is 23.2 Å². The van der Waals surface area contributed by atoms with Gasteiger partial charge in [-0.1, -0.05) is 56.2 Å². The number of carbonyl (C=O) groups is 1. The van der Waals surface area contributed by atoms with Gasteiger partial charge in [0.1, 0.15) is 12.4 Å². The molecule has 210 valence electrons. The summed E-state index contributed by atoms with van der Waals surface area (Å²) in [6.07, 6.45) is 2.15. The predicted octanol–water partition coefficient (Wildman–Crippen LogP) is 6.96. The van der Waals surface area contributed by atoms with Gasteiger partial charge in [0, 0.05) is 23.2 Å². The molecule has 0 saturated carbocycles. The van der Waals surface area contributed by atoms with Crippen molar-refractivity contribution in [2.45, 2.75) is 71.8 Å². The minimum atomic E-state index is -0.685. The van der Waals surface area contributed by atoms with Crippen LogP contribution in [0.2, 0.25) is 0 Å². The Morgan fingerprint density at radius 2 is 1.83 bits per heavy atom. The first kappa shape index (κ1) is 29.4. The molecule has 4 rings (SSSR count). The molecule has 1 atom stereocenters. The van der Waals surface area contributed by atoms with Crippen LogP contribution in [0.15, 0.2) is 60.8 Å². The predicted molar refractivity (Wildman–Crippen MR) is 159 cm³/mol. The summed E-state index contributed by atoms with van der Waals surface area (Å²) in [5.74, 6) is 7.13. The second-order valence-corrected chi connectivity index (χ2v) is 10.8. The second kappa shape index (κ2) is 12.7. The van der Waals surface area contributed by atoms with Crippen LogP contribution in [-0.2, 0) is 21.6 Å². The number of aromatic nitrogens is 3. The number of pyridine rings is 1. The molecule has 0 aliphatic carbocycles. The van der Waals surface area contributed by atoms with Crippen molar-refractivity contribution in [3.63, 3.8) is 0 Å². The molecule has 4 aromatic rings. The molecule has 7 nitrogen and oxygen atoms in total. The molecule has 0 spiro atoms. The number of esters is 1. The van der Waals surface area contributed by atoms with E-state index in [1.165, 1.54) is 0 Å². The number of ether oxygens (including phenoxy) is 2. The van der Waals surface area contributed by atoms with Crippen LogP contribution in [0.25, 0.3) is 16.8 Å². The topological polar surface area (TPSA) is 89.5 Å². The van der Waals surface area contributed by atoms with Gasteiger partial charge >= 0.3 is 5.97 Å². The highest BCUT2D eigenvalue weighted by Crippen LogP contribution is 2.35. The van der Waals surface area contributed by atoms with Crippen molar-refractivity contribution >= 4 is 11.6 Å². The minimum absolute atomic E-state index is 0.164. The monoisotopic (exact) mass is 548 g/mol. The van der Waals surface area contributed by atoms with Gasteiger partial charge in [0.15, 0.2) is 11.5 Å². The Labute approximate surface area is 242 Å². The maximum Gasteiger partial charge on any atom is 0.307 e. The number of hydrogen-bond donors (Lipinski definition) is 0. The van der Waals surface area contributed by atoms with Gasteiger partial charge in [-0.15, -0.1) is 5.92 Å². The van der Waals surface area contributed by atoms with E-state index >= 15 is 0 Å². The summed E-state index contributed by atoms with van der Waals surface area (Å²) in [4.78, 5) is 16.9. The number of fused-ring (bicyclic) bond motifs is 1. The number of rotatable bonds is 10. The Balaban J connectivity index is 1.65. The van der Waals surface area contributed by atoms with E-state index in [9.17, 15) is 10.1 Å². The van der Waals surface area contributed by atoms with Crippen molar-refractivity contribution in [3.8, 4) is 34.8 Å². The first-order chi connectivity index (χ1) is 19.7. The first-order valence-corrected chi connectivity index (χ1v) is 13.9. The lowest BCUT2D eigenvalue weighted by atomic mass is 9.81. The normalized spacial score (nSPS) is 12.0. The Kier molecular flexibility index (Phi) is 9.10. The van der Waals surface area contributed by atoms with Crippen molar-refractivity contribution < 1.29 is 14.3 Å². The van der Waals surface area contributed by atoms with Crippen molar-refractivity contribution in [1.82, 2.24) is 14.6 Å². The third-order valence-corrected chi connectivity index (χ3v) is 6.88. The van der Waals surface area contributed by atoms with E-state index in [4.69, 9.17) is 19.6 Å². The molecule has 2 heterocycles. The second-order valence-electron chi connectivity index (χ2n) is 10.8. The van der Waals surface area contributed by atoms with E-state index < -0.39 is 5.41 Å². The summed E-state index contributed by atoms with van der Waals surface area (Å²) >= 11 is 0. The molecule has 41 heavy (non-hydrogen) atoms. The van der Waals surface area contributed by atoms with Gasteiger partial charge in [0.2, 0.25) is 0 Å². The van der Waals surface area contributed by atoms with Crippen LogP contribution in [-0.4, -0.2) is 27.2 Å². The molecule has 0 aliphatic rings. The van der Waals surface area contributed by atoms with Gasteiger partial charge in [0.05, 0.1) is 30.4 Å². The Bertz CT molecular complexity index is 1630. The molecule has 2 aromatic carbocycles. The van der Waals surface area contributed by atoms with Crippen LogP contribution < -0.4 is 4.74 Å². The largest absolute Gasteiger partial charge is 0.489 e. The molecular formula is C34H36N4O3. The van der Waals surface area contributed by atoms with Crippen molar-refractivity contribution in [2.75, 3.05) is 6.61 Å². The third-order valence-electron chi connectivity index (χ3n) is 6.88. The van der Waals surface area contributed by atoms with E-state index in [1.807, 2.05) is 73.1 Å². The minimum Gasteiger partial charge on any atom is -0.489 e. The lowest BCUT2D eigenvalue weighted by molar-refractivity contribution is -0.143. The molecule has 0 aliphatic heterocycles. The van der Waals surface area contributed by atoms with Crippen LogP contribution >= 0.6 is 0 Å². The van der Waals surface area contributed by atoms with E-state index in [0.717, 1.165) is 39.3 Å². The van der Waals surface area contributed by atoms with Gasteiger partial charge in [0.25, 0.3) is 0 Å². The molecule has 2 aromatic heterocycles. The molecule has 0 N–H and O–H groups in total. The van der Waals surface area contributed by atoms with Gasteiger partial charge in [-0.2, -0.15) is 10.4 Å². The lowest BCUT2D eigenvalue weighted by Gasteiger charge is -2.21. The van der Waals surface area contributed by atoms with Crippen molar-refractivity contribution in [1.29, 1.82) is 5.26 Å². The van der Waals surface area contributed by atoms with E-state index in [2.05, 4.69) is 37.8 Å².